The van der Waals surface area contributed by atoms with Gasteiger partial charge in [0, 0.05) is 18.1 Å². The number of carbonyl (C=O) groups is 1. The van der Waals surface area contributed by atoms with E-state index in [9.17, 15) is 4.79 Å². The van der Waals surface area contributed by atoms with Gasteiger partial charge in [-0.1, -0.05) is 24.3 Å². The number of nitriles is 1. The van der Waals surface area contributed by atoms with Crippen molar-refractivity contribution in [2.24, 2.45) is 0 Å². The summed E-state index contributed by atoms with van der Waals surface area (Å²) in [6, 6.07) is 15.3. The van der Waals surface area contributed by atoms with E-state index in [1.165, 1.54) is 0 Å². The van der Waals surface area contributed by atoms with Gasteiger partial charge in [-0.3, -0.25) is 5.32 Å². The van der Waals surface area contributed by atoms with Crippen molar-refractivity contribution >= 4 is 22.6 Å². The first-order valence-corrected chi connectivity index (χ1v) is 8.07. The highest BCUT2D eigenvalue weighted by molar-refractivity contribution is 6.00. The normalized spacial score (nSPS) is 10.3. The smallest absolute Gasteiger partial charge is 0.320 e. The Kier molecular flexibility index (Phi) is 4.62. The van der Waals surface area contributed by atoms with Gasteiger partial charge in [-0.05, 0) is 54.1 Å². The lowest BCUT2D eigenvalue weighted by Crippen LogP contribution is -2.28. The first kappa shape index (κ1) is 16.5. The fourth-order valence-electron chi connectivity index (χ4n) is 2.75. The zero-order valence-electron chi connectivity index (χ0n) is 14.1. The number of hydrogen-bond acceptors (Lipinski definition) is 3. The van der Waals surface area contributed by atoms with Crippen LogP contribution in [0.5, 0.6) is 0 Å². The van der Waals surface area contributed by atoms with Crippen molar-refractivity contribution in [3.8, 4) is 17.2 Å². The Morgan fingerprint density at radius 2 is 1.92 bits per heavy atom. The topological polar surface area (TPSA) is 77.8 Å². The molecule has 2 aromatic carbocycles. The predicted molar refractivity (Wildman–Crippen MR) is 99.3 cm³/mol. The number of anilines is 1. The minimum Gasteiger partial charge on any atom is -0.338 e. The third-order valence-electron chi connectivity index (χ3n) is 4.02. The van der Waals surface area contributed by atoms with E-state index in [0.717, 1.165) is 27.5 Å². The van der Waals surface area contributed by atoms with E-state index in [0.29, 0.717) is 17.9 Å². The monoisotopic (exact) mass is 330 g/mol. The molecule has 2 amide bonds. The second-order valence-electron chi connectivity index (χ2n) is 5.72. The molecule has 0 aliphatic carbocycles. The summed E-state index contributed by atoms with van der Waals surface area (Å²) in [5.74, 6) is 0.499. The van der Waals surface area contributed by atoms with Crippen molar-refractivity contribution < 1.29 is 4.79 Å². The number of amides is 2. The standard InChI is InChI=1S/C20H18N4O/c1-3-22-20(25)24-19-10-17-16(9-4-13(2)18(17)12-23-19)15-7-5-14(11-21)6-8-15/h4-10,12H,3H2,1-2H3,(H2,22,23,24,25). The van der Waals surface area contributed by atoms with Gasteiger partial charge in [-0.2, -0.15) is 5.26 Å². The lowest BCUT2D eigenvalue weighted by molar-refractivity contribution is 0.252. The zero-order chi connectivity index (χ0) is 17.8. The SMILES string of the molecule is CCNC(=O)Nc1cc2c(-c3ccc(C#N)cc3)ccc(C)c2cn1. The van der Waals surface area contributed by atoms with Crippen LogP contribution in [0.4, 0.5) is 10.6 Å². The number of hydrogen-bond donors (Lipinski definition) is 2. The van der Waals surface area contributed by atoms with Crippen LogP contribution < -0.4 is 10.6 Å². The average molecular weight is 330 g/mol. The minimum atomic E-state index is -0.276. The van der Waals surface area contributed by atoms with Crippen molar-refractivity contribution in [1.82, 2.24) is 10.3 Å². The predicted octanol–water partition coefficient (Wildman–Crippen LogP) is 4.22. The fraction of sp³-hybridized carbons (Fsp3) is 0.150. The van der Waals surface area contributed by atoms with Gasteiger partial charge >= 0.3 is 6.03 Å². The van der Waals surface area contributed by atoms with Crippen molar-refractivity contribution in [2.45, 2.75) is 13.8 Å². The van der Waals surface area contributed by atoms with Gasteiger partial charge in [-0.25, -0.2) is 9.78 Å². The molecule has 3 rings (SSSR count). The summed E-state index contributed by atoms with van der Waals surface area (Å²) in [5, 5.41) is 16.4. The van der Waals surface area contributed by atoms with E-state index in [1.54, 1.807) is 18.3 Å². The van der Waals surface area contributed by atoms with Gasteiger partial charge in [0.2, 0.25) is 0 Å². The summed E-state index contributed by atoms with van der Waals surface area (Å²) in [6.07, 6.45) is 1.78. The third-order valence-corrected chi connectivity index (χ3v) is 4.02. The quantitative estimate of drug-likeness (QED) is 0.754. The van der Waals surface area contributed by atoms with Crippen LogP contribution in [0.15, 0.2) is 48.7 Å². The molecular weight excluding hydrogens is 312 g/mol. The van der Waals surface area contributed by atoms with Gasteiger partial charge in [0.05, 0.1) is 11.6 Å². The molecule has 1 aromatic heterocycles. The highest BCUT2D eigenvalue weighted by Crippen LogP contribution is 2.31. The molecule has 0 saturated carbocycles. The molecule has 1 heterocycles. The number of aromatic nitrogens is 1. The summed E-state index contributed by atoms with van der Waals surface area (Å²) >= 11 is 0. The molecule has 0 saturated heterocycles. The Morgan fingerprint density at radius 1 is 1.16 bits per heavy atom. The molecule has 0 bridgehead atoms. The molecule has 5 nitrogen and oxygen atoms in total. The van der Waals surface area contributed by atoms with E-state index >= 15 is 0 Å². The van der Waals surface area contributed by atoms with Crippen LogP contribution in [-0.2, 0) is 0 Å². The maximum Gasteiger partial charge on any atom is 0.320 e. The third kappa shape index (κ3) is 3.43. The number of aryl methyl sites for hydroxylation is 1. The molecule has 124 valence electrons. The Morgan fingerprint density at radius 3 is 2.60 bits per heavy atom. The van der Waals surface area contributed by atoms with Gasteiger partial charge in [-0.15, -0.1) is 0 Å². The van der Waals surface area contributed by atoms with Crippen molar-refractivity contribution in [2.75, 3.05) is 11.9 Å². The number of rotatable bonds is 3. The van der Waals surface area contributed by atoms with Crippen LogP contribution >= 0.6 is 0 Å². The van der Waals surface area contributed by atoms with Gasteiger partial charge in [0.15, 0.2) is 0 Å². The fourth-order valence-corrected chi connectivity index (χ4v) is 2.75. The molecule has 2 N–H and O–H groups in total. The molecule has 0 atom stereocenters. The lowest BCUT2D eigenvalue weighted by atomic mass is 9.96. The Hall–Kier alpha value is -3.39. The first-order valence-electron chi connectivity index (χ1n) is 8.07. The van der Waals surface area contributed by atoms with Crippen LogP contribution in [0.3, 0.4) is 0 Å². The number of urea groups is 1. The Balaban J connectivity index is 2.09. The number of carbonyl (C=O) groups excluding carboxylic acids is 1. The summed E-state index contributed by atoms with van der Waals surface area (Å²) in [5.41, 5.74) is 3.79. The molecule has 5 heteroatoms. The summed E-state index contributed by atoms with van der Waals surface area (Å²) in [6.45, 7) is 4.44. The van der Waals surface area contributed by atoms with E-state index < -0.39 is 0 Å². The van der Waals surface area contributed by atoms with Crippen molar-refractivity contribution in [3.63, 3.8) is 0 Å². The molecule has 0 radical (unpaired) electrons. The van der Waals surface area contributed by atoms with Crippen LogP contribution in [0.25, 0.3) is 21.9 Å². The number of nitrogens with zero attached hydrogens (tertiary/aromatic N) is 2. The van der Waals surface area contributed by atoms with Crippen LogP contribution in [-0.4, -0.2) is 17.6 Å². The molecule has 0 spiro atoms. The number of pyridine rings is 1. The largest absolute Gasteiger partial charge is 0.338 e. The highest BCUT2D eigenvalue weighted by atomic mass is 16.2. The minimum absolute atomic E-state index is 0.276. The van der Waals surface area contributed by atoms with E-state index in [4.69, 9.17) is 5.26 Å². The van der Waals surface area contributed by atoms with Gasteiger partial charge in [0.1, 0.15) is 5.82 Å². The summed E-state index contributed by atoms with van der Waals surface area (Å²) < 4.78 is 0. The zero-order valence-corrected chi connectivity index (χ0v) is 14.1. The molecule has 25 heavy (non-hydrogen) atoms. The maximum atomic E-state index is 11.7. The van der Waals surface area contributed by atoms with E-state index in [1.807, 2.05) is 32.0 Å². The summed E-state index contributed by atoms with van der Waals surface area (Å²) in [4.78, 5) is 16.1. The molecular formula is C20H18N4O. The van der Waals surface area contributed by atoms with Gasteiger partial charge < -0.3 is 5.32 Å². The molecule has 3 aromatic rings. The lowest BCUT2D eigenvalue weighted by Gasteiger charge is -2.12. The molecule has 0 unspecified atom stereocenters. The van der Waals surface area contributed by atoms with Crippen molar-refractivity contribution in [1.29, 1.82) is 5.26 Å². The molecule has 0 aliphatic rings. The second kappa shape index (κ2) is 7.02. The number of benzene rings is 2. The van der Waals surface area contributed by atoms with Crippen molar-refractivity contribution in [3.05, 3.63) is 59.8 Å². The van der Waals surface area contributed by atoms with E-state index in [-0.39, 0.29) is 6.03 Å². The first-order chi connectivity index (χ1) is 12.1. The highest BCUT2D eigenvalue weighted by Gasteiger charge is 2.09. The van der Waals surface area contributed by atoms with Crippen LogP contribution in [0.1, 0.15) is 18.1 Å². The number of nitrogens with one attached hydrogen (secondary N) is 2. The van der Waals surface area contributed by atoms with Gasteiger partial charge in [0.25, 0.3) is 0 Å². The van der Waals surface area contributed by atoms with E-state index in [2.05, 4.69) is 33.8 Å². The Bertz CT molecular complexity index is 971. The average Bonchev–Trinajstić information content (AvgIpc) is 2.62. The number of fused-ring (bicyclic) bond motifs is 1. The Labute approximate surface area is 146 Å². The summed E-state index contributed by atoms with van der Waals surface area (Å²) in [7, 11) is 0. The van der Waals surface area contributed by atoms with Crippen LogP contribution in [0.2, 0.25) is 0 Å². The van der Waals surface area contributed by atoms with Crippen LogP contribution in [0, 0.1) is 18.3 Å². The molecule has 0 aliphatic heterocycles. The molecule has 0 fully saturated rings. The maximum absolute atomic E-state index is 11.7. The second-order valence-corrected chi connectivity index (χ2v) is 5.72.